The van der Waals surface area contributed by atoms with Crippen molar-refractivity contribution < 1.29 is 84.2 Å². The Labute approximate surface area is 204 Å². The second-order valence-corrected chi connectivity index (χ2v) is 7.80. The molecule has 20 heteroatoms. The SMILES string of the molecule is O=C(Cl)OCc1ccc(CCC(F)(F)C(F)(F)C(F)(F)C(F)(F)C(F)(F)C(F)(F)C(F)(F)C(F)(F)F)cc1. The Morgan fingerprint density at radius 3 is 1.29 bits per heavy atom. The van der Waals surface area contributed by atoms with Crippen LogP contribution < -0.4 is 0 Å². The molecule has 1 aromatic carbocycles. The second kappa shape index (κ2) is 10.1. The standard InChI is InChI=1S/C18H10ClF17O2/c19-10(37)38-7-9-3-1-8(2-4-9)5-6-11(20,21)12(22,23)13(24,25)14(26,27)15(28,29)16(30,31)17(32,33)18(34,35)36/h1-4H,5-7H2. The van der Waals surface area contributed by atoms with Crippen LogP contribution in [0.4, 0.5) is 79.4 Å². The summed E-state index contributed by atoms with van der Waals surface area (Å²) in [6, 6.07) is 3.62. The first kappa shape index (κ1) is 33.8. The zero-order valence-corrected chi connectivity index (χ0v) is 18.3. The molecule has 0 bridgehead atoms. The smallest absolute Gasteiger partial charge is 0.449 e. The van der Waals surface area contributed by atoms with Gasteiger partial charge in [0.15, 0.2) is 0 Å². The van der Waals surface area contributed by atoms with E-state index in [1.54, 1.807) is 0 Å². The van der Waals surface area contributed by atoms with Gasteiger partial charge in [-0.1, -0.05) is 24.3 Å². The van der Waals surface area contributed by atoms with Gasteiger partial charge in [-0.3, -0.25) is 0 Å². The normalized spacial score (nSPS) is 15.0. The molecule has 0 aliphatic heterocycles. The molecule has 0 fully saturated rings. The van der Waals surface area contributed by atoms with E-state index in [9.17, 15) is 79.4 Å². The summed E-state index contributed by atoms with van der Waals surface area (Å²) in [6.07, 6.45) is -11.8. The largest absolute Gasteiger partial charge is 0.460 e. The monoisotopic (exact) mass is 616 g/mol. The molecular formula is C18H10ClF17O2. The molecule has 0 amide bonds. The lowest BCUT2D eigenvalue weighted by atomic mass is 9.87. The predicted molar refractivity (Wildman–Crippen MR) is 91.5 cm³/mol. The van der Waals surface area contributed by atoms with Crippen molar-refractivity contribution in [2.24, 2.45) is 0 Å². The van der Waals surface area contributed by atoms with Crippen LogP contribution >= 0.6 is 11.6 Å². The Morgan fingerprint density at radius 1 is 0.579 bits per heavy atom. The number of carbonyl (C=O) groups is 1. The average Bonchev–Trinajstić information content (AvgIpc) is 2.75. The van der Waals surface area contributed by atoms with E-state index in [4.69, 9.17) is 11.6 Å². The van der Waals surface area contributed by atoms with Crippen LogP contribution in [-0.2, 0) is 17.8 Å². The van der Waals surface area contributed by atoms with Crippen molar-refractivity contribution in [3.05, 3.63) is 35.4 Å². The lowest BCUT2D eigenvalue weighted by molar-refractivity contribution is -0.461. The molecule has 2 nitrogen and oxygen atoms in total. The van der Waals surface area contributed by atoms with Gasteiger partial charge in [-0.15, -0.1) is 0 Å². The van der Waals surface area contributed by atoms with Crippen molar-refractivity contribution in [2.45, 2.75) is 67.1 Å². The Balaban J connectivity index is 3.31. The molecule has 0 radical (unpaired) electrons. The van der Waals surface area contributed by atoms with Crippen molar-refractivity contribution in [3.8, 4) is 0 Å². The number of ether oxygens (including phenoxy) is 1. The molecule has 0 aliphatic rings. The third kappa shape index (κ3) is 5.43. The maximum Gasteiger partial charge on any atom is 0.460 e. The van der Waals surface area contributed by atoms with E-state index >= 15 is 0 Å². The van der Waals surface area contributed by atoms with E-state index in [1.165, 1.54) is 0 Å². The van der Waals surface area contributed by atoms with E-state index in [-0.39, 0.29) is 5.56 Å². The maximum atomic E-state index is 13.9. The third-order valence-corrected chi connectivity index (χ3v) is 5.00. The fourth-order valence-corrected chi connectivity index (χ4v) is 2.65. The maximum absolute atomic E-state index is 13.9. The minimum Gasteiger partial charge on any atom is -0.449 e. The van der Waals surface area contributed by atoms with Crippen LogP contribution in [0.15, 0.2) is 24.3 Å². The van der Waals surface area contributed by atoms with Crippen molar-refractivity contribution >= 4 is 17.0 Å². The summed E-state index contributed by atoms with van der Waals surface area (Å²) in [6.45, 7) is -0.496. The number of alkyl halides is 17. The highest BCUT2D eigenvalue weighted by atomic mass is 35.5. The molecule has 0 N–H and O–H groups in total. The summed E-state index contributed by atoms with van der Waals surface area (Å²) in [5, 5.41) is 0. The highest BCUT2D eigenvalue weighted by Gasteiger charge is 2.95. The minimum atomic E-state index is -8.65. The summed E-state index contributed by atoms with van der Waals surface area (Å²) in [7, 11) is 0. The molecule has 0 spiro atoms. The molecule has 0 saturated carbocycles. The molecule has 1 aromatic rings. The molecule has 0 heterocycles. The van der Waals surface area contributed by atoms with Gasteiger partial charge in [0, 0.05) is 18.0 Å². The van der Waals surface area contributed by atoms with Gasteiger partial charge >= 0.3 is 53.1 Å². The van der Waals surface area contributed by atoms with Crippen molar-refractivity contribution in [3.63, 3.8) is 0 Å². The van der Waals surface area contributed by atoms with Gasteiger partial charge in [0.25, 0.3) is 0 Å². The Hall–Kier alpha value is -2.21. The highest BCUT2D eigenvalue weighted by Crippen LogP contribution is 2.64. The van der Waals surface area contributed by atoms with Crippen LogP contribution in [0.2, 0.25) is 0 Å². The molecule has 0 saturated heterocycles. The Bertz CT molecular complexity index is 986. The quantitative estimate of drug-likeness (QED) is 0.184. The average molecular weight is 617 g/mol. The number of benzene rings is 1. The zero-order chi connectivity index (χ0) is 30.4. The van der Waals surface area contributed by atoms with Gasteiger partial charge < -0.3 is 4.74 Å². The zero-order valence-electron chi connectivity index (χ0n) is 17.6. The summed E-state index contributed by atoms with van der Waals surface area (Å²) < 4.78 is 229. The topological polar surface area (TPSA) is 26.3 Å². The van der Waals surface area contributed by atoms with E-state index in [2.05, 4.69) is 4.74 Å². The molecule has 220 valence electrons. The van der Waals surface area contributed by atoms with E-state index < -0.39 is 78.1 Å². The lowest BCUT2D eigenvalue weighted by Gasteiger charge is -2.42. The number of halogens is 18. The summed E-state index contributed by atoms with van der Waals surface area (Å²) in [5.74, 6) is -56.4. The lowest BCUT2D eigenvalue weighted by Crippen LogP contribution is -2.74. The number of rotatable bonds is 11. The van der Waals surface area contributed by atoms with E-state index in [0.29, 0.717) is 0 Å². The van der Waals surface area contributed by atoms with Gasteiger partial charge in [-0.25, -0.2) is 4.79 Å². The van der Waals surface area contributed by atoms with Crippen LogP contribution in [0.3, 0.4) is 0 Å². The Kier molecular flexibility index (Phi) is 8.97. The number of hydrogen-bond donors (Lipinski definition) is 0. The van der Waals surface area contributed by atoms with Crippen LogP contribution in [0.25, 0.3) is 0 Å². The summed E-state index contributed by atoms with van der Waals surface area (Å²) in [5.41, 5.74) is -1.61. The second-order valence-electron chi connectivity index (χ2n) is 7.49. The molecule has 1 rings (SSSR count). The first-order valence-electron chi connectivity index (χ1n) is 9.23. The third-order valence-electron chi connectivity index (χ3n) is 4.89. The van der Waals surface area contributed by atoms with Crippen molar-refractivity contribution in [1.82, 2.24) is 0 Å². The summed E-state index contributed by atoms with van der Waals surface area (Å²) in [4.78, 5) is 10.5. The first-order valence-corrected chi connectivity index (χ1v) is 9.61. The highest BCUT2D eigenvalue weighted by molar-refractivity contribution is 6.61. The fourth-order valence-electron chi connectivity index (χ4n) is 2.60. The molecule has 0 atom stereocenters. The molecule has 0 aliphatic carbocycles. The van der Waals surface area contributed by atoms with Crippen LogP contribution in [0, 0.1) is 0 Å². The van der Waals surface area contributed by atoms with Crippen molar-refractivity contribution in [1.29, 1.82) is 0 Å². The Morgan fingerprint density at radius 2 is 0.921 bits per heavy atom. The van der Waals surface area contributed by atoms with Gasteiger partial charge in [-0.05, 0) is 17.5 Å². The molecule has 0 unspecified atom stereocenters. The molecule has 38 heavy (non-hydrogen) atoms. The van der Waals surface area contributed by atoms with Crippen LogP contribution in [0.1, 0.15) is 17.5 Å². The first-order chi connectivity index (χ1) is 16.6. The van der Waals surface area contributed by atoms with Crippen molar-refractivity contribution in [2.75, 3.05) is 0 Å². The van der Waals surface area contributed by atoms with Crippen LogP contribution in [0.5, 0.6) is 0 Å². The molecule has 0 aromatic heterocycles. The number of carbonyl (C=O) groups excluding carboxylic acids is 1. The minimum absolute atomic E-state index is 0.102. The molecular weight excluding hydrogens is 607 g/mol. The van der Waals surface area contributed by atoms with Gasteiger partial charge in [-0.2, -0.15) is 74.6 Å². The predicted octanol–water partition coefficient (Wildman–Crippen LogP) is 8.50. The van der Waals surface area contributed by atoms with Gasteiger partial charge in [0.05, 0.1) is 0 Å². The van der Waals surface area contributed by atoms with Gasteiger partial charge in [0.1, 0.15) is 6.61 Å². The van der Waals surface area contributed by atoms with Crippen LogP contribution in [-0.4, -0.2) is 53.1 Å². The summed E-state index contributed by atoms with van der Waals surface area (Å²) >= 11 is 4.86. The van der Waals surface area contributed by atoms with Gasteiger partial charge in [0.2, 0.25) is 0 Å². The fraction of sp³-hybridized carbons (Fsp3) is 0.611. The number of hydrogen-bond acceptors (Lipinski definition) is 2. The number of aryl methyl sites for hydroxylation is 1. The van der Waals surface area contributed by atoms with E-state index in [1.807, 2.05) is 0 Å². The van der Waals surface area contributed by atoms with E-state index in [0.717, 1.165) is 24.3 Å².